The number of amides is 2. The van der Waals surface area contributed by atoms with E-state index in [-0.39, 0.29) is 44.3 Å². The molecule has 2 fully saturated rings. The van der Waals surface area contributed by atoms with Crippen molar-refractivity contribution in [2.24, 2.45) is 16.6 Å². The van der Waals surface area contributed by atoms with Gasteiger partial charge in [0.05, 0.1) is 154 Å². The second-order valence-corrected chi connectivity index (χ2v) is 20.0. The number of nitrogens with two attached hydrogens (primary N) is 1. The molecule has 0 bridgehead atoms. The third kappa shape index (κ3) is 27.4. The molecule has 20 nitrogen and oxygen atoms in total. The van der Waals surface area contributed by atoms with E-state index in [4.69, 9.17) is 57.8 Å². The third-order valence-corrected chi connectivity index (χ3v) is 13.5. The summed E-state index contributed by atoms with van der Waals surface area (Å²) < 4.78 is 118. The first-order chi connectivity index (χ1) is 39.5. The lowest BCUT2D eigenvalue weighted by Crippen LogP contribution is -2.37. The number of hydrogen-bond acceptors (Lipinski definition) is 19. The lowest BCUT2D eigenvalue weighted by atomic mass is 9.96. The number of thiophene rings is 1. The molecule has 1 saturated heterocycles. The van der Waals surface area contributed by atoms with Gasteiger partial charge in [0.1, 0.15) is 11.9 Å². The first kappa shape index (κ1) is 67.0. The van der Waals surface area contributed by atoms with Gasteiger partial charge in [-0.2, -0.15) is 8.78 Å². The van der Waals surface area contributed by atoms with Gasteiger partial charge in [0, 0.05) is 50.2 Å². The molecule has 0 atom stereocenters. The number of piperidine rings is 1. The fraction of sp³-hybridized carbons (Fsp3) is 0.679. The number of rotatable bonds is 42. The van der Waals surface area contributed by atoms with E-state index in [2.05, 4.69) is 31.8 Å². The van der Waals surface area contributed by atoms with Gasteiger partial charge < -0.3 is 77.7 Å². The molecule has 454 valence electrons. The van der Waals surface area contributed by atoms with Crippen LogP contribution in [0.15, 0.2) is 22.7 Å². The summed E-state index contributed by atoms with van der Waals surface area (Å²) in [5, 5.41) is 2.81. The Morgan fingerprint density at radius 3 is 1.70 bits per heavy atom. The fourth-order valence-electron chi connectivity index (χ4n) is 8.02. The minimum Gasteiger partial charge on any atom is -0.446 e. The lowest BCUT2D eigenvalue weighted by molar-refractivity contribution is -0.136. The number of nitrogens with one attached hydrogen (secondary N) is 1. The summed E-state index contributed by atoms with van der Waals surface area (Å²) in [6.07, 6.45) is 7.78. The number of esters is 1. The van der Waals surface area contributed by atoms with Crippen LogP contribution in [0.3, 0.4) is 0 Å². The van der Waals surface area contributed by atoms with E-state index in [0.717, 1.165) is 73.6 Å². The Balaban J connectivity index is 0.740. The van der Waals surface area contributed by atoms with Gasteiger partial charge >= 0.3 is 12.1 Å². The predicted octanol–water partition coefficient (Wildman–Crippen LogP) is 6.21. The minimum atomic E-state index is -1.80. The van der Waals surface area contributed by atoms with Crippen LogP contribution in [-0.2, 0) is 61.7 Å². The normalized spacial score (nSPS) is 14.8. The van der Waals surface area contributed by atoms with Crippen LogP contribution in [-0.4, -0.2) is 211 Å². The maximum atomic E-state index is 13.7. The van der Waals surface area contributed by atoms with Gasteiger partial charge in [-0.05, 0) is 70.2 Å². The first-order valence-corrected chi connectivity index (χ1v) is 28.8. The number of aliphatic imine (C=N–C) groups is 1. The Labute approximate surface area is 476 Å². The van der Waals surface area contributed by atoms with Crippen LogP contribution >= 0.6 is 11.3 Å². The van der Waals surface area contributed by atoms with E-state index >= 15 is 0 Å². The van der Waals surface area contributed by atoms with Gasteiger partial charge in [-0.3, -0.25) is 9.59 Å². The molecule has 3 N–H and O–H groups in total. The van der Waals surface area contributed by atoms with Crippen molar-refractivity contribution >= 4 is 46.9 Å². The van der Waals surface area contributed by atoms with Gasteiger partial charge in [0.2, 0.25) is 23.3 Å². The third-order valence-electron chi connectivity index (χ3n) is 12.6. The summed E-state index contributed by atoms with van der Waals surface area (Å²) >= 11 is 1.53. The van der Waals surface area contributed by atoms with Crippen LogP contribution in [0, 0.1) is 41.0 Å². The molecule has 3 aliphatic rings. The van der Waals surface area contributed by atoms with Crippen molar-refractivity contribution in [3.05, 3.63) is 50.7 Å². The molecule has 2 aliphatic heterocycles. The fourth-order valence-corrected chi connectivity index (χ4v) is 8.95. The number of ether oxygens (including phenoxy) is 12. The average molecular weight is 1170 g/mol. The van der Waals surface area contributed by atoms with E-state index < -0.39 is 47.5 Å². The highest BCUT2D eigenvalue weighted by atomic mass is 32.1. The van der Waals surface area contributed by atoms with Gasteiger partial charge in [0.15, 0.2) is 11.6 Å². The molecular weight excluding hydrogens is 1090 g/mol. The molecule has 0 spiro atoms. The van der Waals surface area contributed by atoms with Crippen LogP contribution in [0.5, 0.6) is 5.75 Å². The molecule has 25 heteroatoms. The molecular formula is C56H81F4N5O15S. The molecule has 2 amide bonds. The van der Waals surface area contributed by atoms with E-state index in [0.29, 0.717) is 156 Å². The zero-order valence-electron chi connectivity index (χ0n) is 46.6. The molecule has 1 aliphatic carbocycles. The molecule has 0 radical (unpaired) electrons. The van der Waals surface area contributed by atoms with E-state index in [1.165, 1.54) is 11.3 Å². The molecule has 0 unspecified atom stereocenters. The van der Waals surface area contributed by atoms with E-state index in [1.54, 1.807) is 0 Å². The van der Waals surface area contributed by atoms with Crippen molar-refractivity contribution in [3.8, 4) is 17.6 Å². The van der Waals surface area contributed by atoms with Crippen molar-refractivity contribution in [1.82, 2.24) is 15.1 Å². The largest absolute Gasteiger partial charge is 0.446 e. The second-order valence-electron chi connectivity index (χ2n) is 18.9. The second kappa shape index (κ2) is 40.4. The number of carbonyl (C=O) groups is 3. The molecule has 5 rings (SSSR count). The summed E-state index contributed by atoms with van der Waals surface area (Å²) in [6, 6.07) is 1.98. The predicted molar refractivity (Wildman–Crippen MR) is 293 cm³/mol. The van der Waals surface area contributed by atoms with Crippen LogP contribution in [0.4, 0.5) is 28.0 Å². The summed E-state index contributed by atoms with van der Waals surface area (Å²) in [5.74, 6) is -2.02. The monoisotopic (exact) mass is 1170 g/mol. The van der Waals surface area contributed by atoms with E-state index in [1.807, 2.05) is 24.0 Å². The number of benzene rings is 1. The Morgan fingerprint density at radius 2 is 1.21 bits per heavy atom. The number of likely N-dealkylation sites (tertiary alicyclic amines) is 1. The van der Waals surface area contributed by atoms with Crippen LogP contribution < -0.4 is 15.8 Å². The van der Waals surface area contributed by atoms with Crippen molar-refractivity contribution in [2.75, 3.05) is 171 Å². The summed E-state index contributed by atoms with van der Waals surface area (Å²) in [4.78, 5) is 48.1. The zero-order chi connectivity index (χ0) is 57.7. The number of alkyl carbamates (subject to hydrolysis) is 1. The number of nitrogens with zero attached hydrogens (tertiary/aromatic N) is 3. The zero-order valence-corrected chi connectivity index (χ0v) is 47.4. The van der Waals surface area contributed by atoms with Crippen molar-refractivity contribution in [3.63, 3.8) is 0 Å². The number of fused-ring (bicyclic) bond motifs is 1. The highest BCUT2D eigenvalue weighted by molar-refractivity contribution is 7.14. The first-order valence-electron chi connectivity index (χ1n) is 28.0. The Morgan fingerprint density at radius 1 is 0.704 bits per heavy atom. The van der Waals surface area contributed by atoms with Gasteiger partial charge in [-0.25, -0.2) is 18.6 Å². The Hall–Kier alpha value is -4.82. The van der Waals surface area contributed by atoms with Crippen molar-refractivity contribution < 1.29 is 88.8 Å². The maximum absolute atomic E-state index is 13.7. The number of amidine groups is 1. The smallest absolute Gasteiger partial charge is 0.407 e. The minimum absolute atomic E-state index is 0.0178. The van der Waals surface area contributed by atoms with Crippen LogP contribution in [0.25, 0.3) is 6.08 Å². The molecule has 81 heavy (non-hydrogen) atoms. The molecule has 2 aromatic rings. The SMILES string of the molecule is CCCN(CCCNC(=O)OC1CCC1)C(=O)C1=Cc2sc(C#CC3CCN(CCOCCOCCOCCOCCOCCOCCOCCOCCOCCOCCC(=O)Oc4c(F)c(F)cc(F)c4F)CC3)cc2N=C(N)C1. The summed E-state index contributed by atoms with van der Waals surface area (Å²) in [5.41, 5.74) is 7.66. The average Bonchev–Trinajstić information content (AvgIpc) is 3.76. The summed E-state index contributed by atoms with van der Waals surface area (Å²) in [6.45, 7) is 13.9. The Kier molecular flexibility index (Phi) is 33.4. The van der Waals surface area contributed by atoms with E-state index in [9.17, 15) is 31.9 Å². The lowest BCUT2D eigenvalue weighted by Gasteiger charge is -2.29. The van der Waals surface area contributed by atoms with Gasteiger partial charge in [-0.1, -0.05) is 18.8 Å². The maximum Gasteiger partial charge on any atom is 0.407 e. The summed E-state index contributed by atoms with van der Waals surface area (Å²) in [7, 11) is 0. The standard InChI is InChI=1S/C56H81F4N5O15S/c1-2-13-65(14-4-12-62-56(68)79-44-5-3-6-44)55(67)43-38-49-48(63-50(61)39-43)40-45(81-49)8-7-42-9-15-64(16-10-42)17-19-70-21-23-72-25-27-74-29-31-76-33-35-78-37-36-77-34-32-75-30-28-73-26-24-71-22-20-69-18-11-51(66)80-54-52(59)46(57)41-47(58)53(54)60/h38,40-42,44H,2-6,9-37,39H2,1H3,(H2,61,63)(H,62,68). The highest BCUT2D eigenvalue weighted by Gasteiger charge is 2.26. The molecule has 1 aromatic heterocycles. The molecule has 1 saturated carbocycles. The highest BCUT2D eigenvalue weighted by Crippen LogP contribution is 2.35. The van der Waals surface area contributed by atoms with Crippen LogP contribution in [0.2, 0.25) is 0 Å². The quantitative estimate of drug-likeness (QED) is 0.0188. The Bertz CT molecular complexity index is 2270. The number of halogens is 4. The molecule has 3 heterocycles. The number of hydrogen-bond donors (Lipinski definition) is 2. The van der Waals surface area contributed by atoms with Crippen molar-refractivity contribution in [1.29, 1.82) is 0 Å². The van der Waals surface area contributed by atoms with Crippen LogP contribution in [0.1, 0.15) is 74.5 Å². The van der Waals surface area contributed by atoms with Gasteiger partial charge in [0.25, 0.3) is 0 Å². The van der Waals surface area contributed by atoms with Crippen molar-refractivity contribution in [2.45, 2.75) is 70.8 Å². The number of carbonyl (C=O) groups excluding carboxylic acids is 3. The molecule has 1 aromatic carbocycles. The topological polar surface area (TPSA) is 219 Å². The van der Waals surface area contributed by atoms with Gasteiger partial charge in [-0.15, -0.1) is 11.3 Å².